The van der Waals surface area contributed by atoms with Crippen molar-refractivity contribution < 1.29 is 29.3 Å². The highest BCUT2D eigenvalue weighted by atomic mass is 16.5. The Morgan fingerprint density at radius 2 is 1.79 bits per heavy atom. The van der Waals surface area contributed by atoms with Gasteiger partial charge in [-0.05, 0) is 36.1 Å². The van der Waals surface area contributed by atoms with E-state index < -0.39 is 24.3 Å². The van der Waals surface area contributed by atoms with Gasteiger partial charge in [-0.15, -0.1) is 0 Å². The van der Waals surface area contributed by atoms with Gasteiger partial charge in [0.25, 0.3) is 0 Å². The van der Waals surface area contributed by atoms with E-state index in [2.05, 4.69) is 5.32 Å². The van der Waals surface area contributed by atoms with Crippen LogP contribution in [-0.2, 0) is 16.1 Å². The lowest BCUT2D eigenvalue weighted by Crippen LogP contribution is -2.30. The van der Waals surface area contributed by atoms with E-state index >= 15 is 0 Å². The number of nitrogens with one attached hydrogen (secondary N) is 1. The summed E-state index contributed by atoms with van der Waals surface area (Å²) in [5.41, 5.74) is 2.17. The van der Waals surface area contributed by atoms with Crippen molar-refractivity contribution in [1.82, 2.24) is 5.32 Å². The largest absolute Gasteiger partial charge is 0.465 e. The van der Waals surface area contributed by atoms with Crippen molar-refractivity contribution in [3.8, 4) is 0 Å². The zero-order valence-corrected chi connectivity index (χ0v) is 15.9. The molecule has 150 valence electrons. The highest BCUT2D eigenvalue weighted by molar-refractivity contribution is 5.91. The smallest absolute Gasteiger partial charge is 0.407 e. The molecular formula is C21H25NO6. The number of hydrogen-bond acceptors (Lipinski definition) is 6. The molecule has 2 aromatic carbocycles. The van der Waals surface area contributed by atoms with E-state index in [0.29, 0.717) is 16.7 Å². The fraction of sp³-hybridized carbons (Fsp3) is 0.333. The van der Waals surface area contributed by atoms with Gasteiger partial charge in [0.15, 0.2) is 0 Å². The Balaban J connectivity index is 1.83. The van der Waals surface area contributed by atoms with Gasteiger partial charge in [0, 0.05) is 6.54 Å². The molecule has 0 spiro atoms. The number of ether oxygens (including phenoxy) is 2. The molecule has 0 saturated heterocycles. The van der Waals surface area contributed by atoms with Crippen LogP contribution in [0.2, 0.25) is 0 Å². The average Bonchev–Trinajstić information content (AvgIpc) is 2.72. The van der Waals surface area contributed by atoms with Crippen LogP contribution in [0.5, 0.6) is 0 Å². The molecule has 7 nitrogen and oxygen atoms in total. The molecule has 2 aromatic rings. The third kappa shape index (κ3) is 5.80. The molecule has 1 amide bonds. The lowest BCUT2D eigenvalue weighted by atomic mass is 9.94. The predicted octanol–water partition coefficient (Wildman–Crippen LogP) is 2.49. The highest BCUT2D eigenvalue weighted by Gasteiger charge is 2.22. The van der Waals surface area contributed by atoms with Crippen LogP contribution in [0.1, 0.15) is 39.6 Å². The summed E-state index contributed by atoms with van der Waals surface area (Å²) in [6, 6.07) is 14.1. The Morgan fingerprint density at radius 1 is 1.07 bits per heavy atom. The molecule has 0 fully saturated rings. The topological polar surface area (TPSA) is 105 Å². The molecule has 28 heavy (non-hydrogen) atoms. The first-order chi connectivity index (χ1) is 13.4. The van der Waals surface area contributed by atoms with E-state index in [1.54, 1.807) is 25.1 Å². The Morgan fingerprint density at radius 3 is 2.46 bits per heavy atom. The van der Waals surface area contributed by atoms with Crippen molar-refractivity contribution in [3.63, 3.8) is 0 Å². The zero-order valence-electron chi connectivity index (χ0n) is 15.9. The summed E-state index contributed by atoms with van der Waals surface area (Å²) in [7, 11) is 1.28. The maximum atomic E-state index is 11.8. The van der Waals surface area contributed by atoms with Crippen molar-refractivity contribution in [2.45, 2.75) is 32.2 Å². The number of alkyl carbamates (subject to hydrolysis) is 1. The van der Waals surface area contributed by atoms with Crippen LogP contribution in [0.3, 0.4) is 0 Å². The first-order valence-corrected chi connectivity index (χ1v) is 8.92. The Labute approximate surface area is 163 Å². The summed E-state index contributed by atoms with van der Waals surface area (Å²) in [5, 5.41) is 23.2. The minimum atomic E-state index is -1.20. The Kier molecular flexibility index (Phi) is 7.98. The van der Waals surface area contributed by atoms with Gasteiger partial charge in [0.1, 0.15) is 12.7 Å². The number of aliphatic hydroxyl groups excluding tert-OH is 2. The van der Waals surface area contributed by atoms with Crippen LogP contribution in [0, 0.1) is 6.92 Å². The molecule has 7 heteroatoms. The van der Waals surface area contributed by atoms with E-state index in [9.17, 15) is 19.8 Å². The van der Waals surface area contributed by atoms with Crippen molar-refractivity contribution >= 4 is 12.1 Å². The molecule has 0 aromatic heterocycles. The number of hydrogen-bond donors (Lipinski definition) is 3. The molecule has 0 bridgehead atoms. The van der Waals surface area contributed by atoms with Gasteiger partial charge in [-0.3, -0.25) is 0 Å². The Bertz CT molecular complexity index is 793. The van der Waals surface area contributed by atoms with E-state index in [1.807, 2.05) is 30.3 Å². The van der Waals surface area contributed by atoms with Crippen LogP contribution >= 0.6 is 0 Å². The number of aliphatic hydroxyl groups is 2. The lowest BCUT2D eigenvalue weighted by molar-refractivity contribution is 0.0131. The van der Waals surface area contributed by atoms with E-state index in [0.717, 1.165) is 5.56 Å². The molecule has 0 aliphatic heterocycles. The summed E-state index contributed by atoms with van der Waals surface area (Å²) < 4.78 is 9.80. The monoisotopic (exact) mass is 387 g/mol. The fourth-order valence-corrected chi connectivity index (χ4v) is 2.77. The van der Waals surface area contributed by atoms with Gasteiger partial charge >= 0.3 is 12.1 Å². The maximum absolute atomic E-state index is 11.8. The fourth-order valence-electron chi connectivity index (χ4n) is 2.77. The van der Waals surface area contributed by atoms with E-state index in [-0.39, 0.29) is 19.6 Å². The second-order valence-corrected chi connectivity index (χ2v) is 6.30. The number of carbonyl (C=O) groups is 2. The molecule has 0 radical (unpaired) electrons. The van der Waals surface area contributed by atoms with Gasteiger partial charge < -0.3 is 25.0 Å². The third-order valence-electron chi connectivity index (χ3n) is 4.39. The van der Waals surface area contributed by atoms with Gasteiger partial charge in [-0.2, -0.15) is 0 Å². The van der Waals surface area contributed by atoms with Crippen molar-refractivity contribution in [3.05, 3.63) is 70.8 Å². The molecule has 2 unspecified atom stereocenters. The summed E-state index contributed by atoms with van der Waals surface area (Å²) in [4.78, 5) is 23.5. The minimum Gasteiger partial charge on any atom is -0.465 e. The number of rotatable bonds is 8. The van der Waals surface area contributed by atoms with Crippen molar-refractivity contribution in [2.75, 3.05) is 13.7 Å². The van der Waals surface area contributed by atoms with Crippen LogP contribution in [0.4, 0.5) is 4.79 Å². The lowest BCUT2D eigenvalue weighted by Gasteiger charge is -2.21. The second-order valence-electron chi connectivity index (χ2n) is 6.30. The van der Waals surface area contributed by atoms with E-state index in [1.165, 1.54) is 7.11 Å². The number of carbonyl (C=O) groups excluding carboxylic acids is 2. The quantitative estimate of drug-likeness (QED) is 0.601. The third-order valence-corrected chi connectivity index (χ3v) is 4.39. The van der Waals surface area contributed by atoms with Crippen LogP contribution < -0.4 is 5.32 Å². The zero-order chi connectivity index (χ0) is 20.5. The molecule has 0 saturated carbocycles. The Hall–Kier alpha value is -2.90. The molecule has 0 aliphatic rings. The molecular weight excluding hydrogens is 362 g/mol. The average molecular weight is 387 g/mol. The number of benzene rings is 2. The van der Waals surface area contributed by atoms with E-state index in [4.69, 9.17) is 9.47 Å². The van der Waals surface area contributed by atoms with Crippen LogP contribution in [0.15, 0.2) is 48.5 Å². The van der Waals surface area contributed by atoms with Gasteiger partial charge in [0.2, 0.25) is 0 Å². The molecule has 0 heterocycles. The molecule has 0 aliphatic carbocycles. The van der Waals surface area contributed by atoms with Gasteiger partial charge in [0.05, 0.1) is 18.8 Å². The van der Waals surface area contributed by atoms with Gasteiger partial charge in [-0.25, -0.2) is 9.59 Å². The number of amides is 1. The number of esters is 1. The second kappa shape index (κ2) is 10.4. The predicted molar refractivity (Wildman–Crippen MR) is 103 cm³/mol. The van der Waals surface area contributed by atoms with Crippen LogP contribution in [-0.4, -0.2) is 42.0 Å². The molecule has 2 atom stereocenters. The SMILES string of the molecule is COC(=O)c1cccc(C(O)C(O)CCNC(=O)OCc2ccccc2)c1C. The minimum absolute atomic E-state index is 0.115. The van der Waals surface area contributed by atoms with Crippen molar-refractivity contribution in [1.29, 1.82) is 0 Å². The molecule has 3 N–H and O–H groups in total. The van der Waals surface area contributed by atoms with Crippen molar-refractivity contribution in [2.24, 2.45) is 0 Å². The first kappa shape index (κ1) is 21.4. The standard InChI is InChI=1S/C21H25NO6/c1-14-16(9-6-10-17(14)20(25)27-2)19(24)18(23)11-12-22-21(26)28-13-15-7-4-3-5-8-15/h3-10,18-19,23-24H,11-13H2,1-2H3,(H,22,26). The maximum Gasteiger partial charge on any atom is 0.407 e. The summed E-state index contributed by atoms with van der Waals surface area (Å²) >= 11 is 0. The summed E-state index contributed by atoms with van der Waals surface area (Å²) in [6.07, 6.45) is -2.81. The first-order valence-electron chi connectivity index (χ1n) is 8.92. The summed E-state index contributed by atoms with van der Waals surface area (Å²) in [5.74, 6) is -0.510. The van der Waals surface area contributed by atoms with Crippen LogP contribution in [0.25, 0.3) is 0 Å². The summed E-state index contributed by atoms with van der Waals surface area (Å²) in [6.45, 7) is 1.95. The normalized spacial score (nSPS) is 12.7. The highest BCUT2D eigenvalue weighted by Crippen LogP contribution is 2.25. The molecule has 2 rings (SSSR count). The number of methoxy groups -OCH3 is 1. The van der Waals surface area contributed by atoms with Gasteiger partial charge in [-0.1, -0.05) is 42.5 Å².